The van der Waals surface area contributed by atoms with Crippen molar-refractivity contribution in [2.45, 2.75) is 19.1 Å². The summed E-state index contributed by atoms with van der Waals surface area (Å²) in [6, 6.07) is 6.54. The number of aliphatic hydroxyl groups is 2. The van der Waals surface area contributed by atoms with Crippen LogP contribution in [0.2, 0.25) is 0 Å². The average Bonchev–Trinajstić information content (AvgIpc) is 2.45. The van der Waals surface area contributed by atoms with Gasteiger partial charge in [-0.3, -0.25) is 0 Å². The molecule has 0 bridgehead atoms. The number of carbonyl (C=O) groups is 1. The van der Waals surface area contributed by atoms with Crippen LogP contribution in [0.5, 0.6) is 5.75 Å². The lowest BCUT2D eigenvalue weighted by molar-refractivity contribution is -0.145. The van der Waals surface area contributed by atoms with Crippen molar-refractivity contribution in [1.82, 2.24) is 5.32 Å². The van der Waals surface area contributed by atoms with E-state index in [-0.39, 0.29) is 6.61 Å². The zero-order valence-corrected chi connectivity index (χ0v) is 11.7. The Morgan fingerprint density at radius 2 is 1.95 bits per heavy atom. The summed E-state index contributed by atoms with van der Waals surface area (Å²) < 4.78 is 9.97. The highest BCUT2D eigenvalue weighted by molar-refractivity contribution is 5.71. The molecular weight excluding hydrogens is 262 g/mol. The molecule has 20 heavy (non-hydrogen) atoms. The first-order valence-electron chi connectivity index (χ1n) is 6.47. The number of likely N-dealkylation sites (N-methyl/N-ethyl adjacent to an activating group) is 1. The third-order valence-electron chi connectivity index (χ3n) is 2.66. The molecule has 112 valence electrons. The first-order chi connectivity index (χ1) is 9.58. The summed E-state index contributed by atoms with van der Waals surface area (Å²) >= 11 is 0. The van der Waals surface area contributed by atoms with Crippen molar-refractivity contribution in [2.75, 3.05) is 26.8 Å². The van der Waals surface area contributed by atoms with Gasteiger partial charge in [0.2, 0.25) is 0 Å². The smallest absolute Gasteiger partial charge is 0.344 e. The maximum atomic E-state index is 11.1. The van der Waals surface area contributed by atoms with Gasteiger partial charge in [0.05, 0.1) is 12.7 Å². The van der Waals surface area contributed by atoms with Gasteiger partial charge in [-0.1, -0.05) is 12.1 Å². The molecule has 3 N–H and O–H groups in total. The van der Waals surface area contributed by atoms with Crippen molar-refractivity contribution in [3.05, 3.63) is 29.8 Å². The fourth-order valence-corrected chi connectivity index (χ4v) is 1.65. The number of esters is 1. The van der Waals surface area contributed by atoms with Gasteiger partial charge >= 0.3 is 5.97 Å². The second-order valence-electron chi connectivity index (χ2n) is 4.23. The molecule has 0 aliphatic carbocycles. The van der Waals surface area contributed by atoms with Crippen molar-refractivity contribution in [1.29, 1.82) is 0 Å². The lowest BCUT2D eigenvalue weighted by Crippen LogP contribution is -2.29. The predicted molar refractivity (Wildman–Crippen MR) is 73.5 cm³/mol. The van der Waals surface area contributed by atoms with Gasteiger partial charge in [0.1, 0.15) is 11.9 Å². The monoisotopic (exact) mass is 283 g/mol. The fraction of sp³-hybridized carbons (Fsp3) is 0.500. The highest BCUT2D eigenvalue weighted by Gasteiger charge is 2.17. The molecule has 1 aromatic carbocycles. The summed E-state index contributed by atoms with van der Waals surface area (Å²) in [4.78, 5) is 11.1. The van der Waals surface area contributed by atoms with Crippen LogP contribution in [0.25, 0.3) is 0 Å². The number of benzene rings is 1. The molecule has 0 saturated heterocycles. The number of aliphatic hydroxyl groups excluding tert-OH is 2. The van der Waals surface area contributed by atoms with Crippen molar-refractivity contribution in [3.8, 4) is 5.75 Å². The van der Waals surface area contributed by atoms with E-state index in [1.165, 1.54) is 0 Å². The lowest BCUT2D eigenvalue weighted by Gasteiger charge is -2.18. The molecule has 0 aromatic heterocycles. The minimum atomic E-state index is -0.971. The van der Waals surface area contributed by atoms with Crippen LogP contribution in [0.15, 0.2) is 24.3 Å². The van der Waals surface area contributed by atoms with Gasteiger partial charge in [0.25, 0.3) is 0 Å². The second kappa shape index (κ2) is 8.52. The molecule has 0 aliphatic heterocycles. The highest BCUT2D eigenvalue weighted by Crippen LogP contribution is 2.20. The second-order valence-corrected chi connectivity index (χ2v) is 4.23. The molecule has 2 atom stereocenters. The van der Waals surface area contributed by atoms with Crippen LogP contribution in [-0.4, -0.2) is 49.1 Å². The zero-order valence-electron chi connectivity index (χ0n) is 11.7. The number of rotatable bonds is 8. The number of hydrogen-bond acceptors (Lipinski definition) is 6. The fourth-order valence-electron chi connectivity index (χ4n) is 1.65. The predicted octanol–water partition coefficient (Wildman–Crippen LogP) is 0.242. The van der Waals surface area contributed by atoms with Crippen LogP contribution in [0.1, 0.15) is 18.6 Å². The molecule has 0 amide bonds. The van der Waals surface area contributed by atoms with E-state index in [9.17, 15) is 15.0 Å². The van der Waals surface area contributed by atoms with Gasteiger partial charge in [-0.25, -0.2) is 4.79 Å². The molecule has 0 radical (unpaired) electrons. The van der Waals surface area contributed by atoms with E-state index in [4.69, 9.17) is 9.47 Å². The summed E-state index contributed by atoms with van der Waals surface area (Å²) in [5.41, 5.74) is 0.580. The molecule has 6 nitrogen and oxygen atoms in total. The minimum Gasteiger partial charge on any atom is -0.482 e. The van der Waals surface area contributed by atoms with Gasteiger partial charge in [0, 0.05) is 6.54 Å². The molecule has 6 heteroatoms. The molecule has 2 unspecified atom stereocenters. The van der Waals surface area contributed by atoms with Crippen molar-refractivity contribution in [2.24, 2.45) is 0 Å². The number of hydrogen-bond donors (Lipinski definition) is 3. The van der Waals surface area contributed by atoms with E-state index in [1.54, 1.807) is 38.2 Å². The summed E-state index contributed by atoms with van der Waals surface area (Å²) in [5, 5.41) is 22.4. The Morgan fingerprint density at radius 1 is 1.30 bits per heavy atom. The first kappa shape index (κ1) is 16.4. The zero-order chi connectivity index (χ0) is 15.0. The minimum absolute atomic E-state index is 0.155. The SMILES string of the molecule is CCOC(=O)COc1ccc(C(O)C(O)CNC)cc1. The number of nitrogens with one attached hydrogen (secondary N) is 1. The summed E-state index contributed by atoms with van der Waals surface area (Å²) in [5.74, 6) is 0.0677. The average molecular weight is 283 g/mol. The van der Waals surface area contributed by atoms with Crippen LogP contribution in [0.3, 0.4) is 0 Å². The Kier molecular flexibility index (Phi) is 7.00. The Hall–Kier alpha value is -1.63. The van der Waals surface area contributed by atoms with Crippen LogP contribution >= 0.6 is 0 Å². The molecular formula is C14H21NO5. The maximum Gasteiger partial charge on any atom is 0.344 e. The first-order valence-corrected chi connectivity index (χ1v) is 6.47. The van der Waals surface area contributed by atoms with Gasteiger partial charge in [0.15, 0.2) is 6.61 Å². The van der Waals surface area contributed by atoms with E-state index in [0.29, 0.717) is 24.5 Å². The quantitative estimate of drug-likeness (QED) is 0.592. The molecule has 0 heterocycles. The van der Waals surface area contributed by atoms with Crippen LogP contribution in [0, 0.1) is 0 Å². The largest absolute Gasteiger partial charge is 0.482 e. The van der Waals surface area contributed by atoms with Gasteiger partial charge in [-0.15, -0.1) is 0 Å². The molecule has 0 aliphatic rings. The highest BCUT2D eigenvalue weighted by atomic mass is 16.6. The molecule has 0 saturated carbocycles. The third kappa shape index (κ3) is 5.16. The molecule has 0 spiro atoms. The van der Waals surface area contributed by atoms with Crippen LogP contribution in [-0.2, 0) is 9.53 Å². The normalized spacial score (nSPS) is 13.6. The Morgan fingerprint density at radius 3 is 2.50 bits per heavy atom. The van der Waals surface area contributed by atoms with Crippen molar-refractivity contribution in [3.63, 3.8) is 0 Å². The standard InChI is InChI=1S/C14H21NO5/c1-3-19-13(17)9-20-11-6-4-10(5-7-11)14(18)12(16)8-15-2/h4-7,12,14-16,18H,3,8-9H2,1-2H3. The summed E-state index contributed by atoms with van der Waals surface area (Å²) in [6.45, 7) is 2.18. The lowest BCUT2D eigenvalue weighted by atomic mass is 10.0. The number of ether oxygens (including phenoxy) is 2. The Labute approximate surface area is 118 Å². The summed E-state index contributed by atoms with van der Waals surface area (Å²) in [6.07, 6.45) is -1.85. The van der Waals surface area contributed by atoms with E-state index >= 15 is 0 Å². The van der Waals surface area contributed by atoms with Gasteiger partial charge < -0.3 is 25.0 Å². The Balaban J connectivity index is 2.53. The molecule has 0 fully saturated rings. The Bertz CT molecular complexity index is 407. The van der Waals surface area contributed by atoms with Gasteiger partial charge in [-0.05, 0) is 31.7 Å². The summed E-state index contributed by atoms with van der Waals surface area (Å²) in [7, 11) is 1.70. The van der Waals surface area contributed by atoms with E-state index < -0.39 is 18.2 Å². The number of carbonyl (C=O) groups excluding carboxylic acids is 1. The van der Waals surface area contributed by atoms with Crippen LogP contribution < -0.4 is 10.1 Å². The van der Waals surface area contributed by atoms with Crippen molar-refractivity contribution < 1.29 is 24.5 Å². The van der Waals surface area contributed by atoms with E-state index in [1.807, 2.05) is 0 Å². The third-order valence-corrected chi connectivity index (χ3v) is 2.66. The van der Waals surface area contributed by atoms with Gasteiger partial charge in [-0.2, -0.15) is 0 Å². The maximum absolute atomic E-state index is 11.1. The molecule has 1 aromatic rings. The van der Waals surface area contributed by atoms with E-state index in [0.717, 1.165) is 0 Å². The van der Waals surface area contributed by atoms with E-state index in [2.05, 4.69) is 5.32 Å². The molecule has 1 rings (SSSR count). The topological polar surface area (TPSA) is 88.0 Å². The van der Waals surface area contributed by atoms with Crippen LogP contribution in [0.4, 0.5) is 0 Å². The van der Waals surface area contributed by atoms with Crippen molar-refractivity contribution >= 4 is 5.97 Å².